The van der Waals surface area contributed by atoms with Crippen molar-refractivity contribution in [2.45, 2.75) is 27.2 Å². The number of hydrogen-bond donors (Lipinski definition) is 1. The zero-order valence-corrected chi connectivity index (χ0v) is 10.9. The standard InChI is InChI=1S/C12H25NO3/c1-10(2)5-6-13(7-8-16-4)9-11(3)12(14)15/h10-11H,5-9H2,1-4H3,(H,14,15). The van der Waals surface area contributed by atoms with Gasteiger partial charge in [-0.1, -0.05) is 20.8 Å². The van der Waals surface area contributed by atoms with Crippen molar-refractivity contribution in [2.24, 2.45) is 11.8 Å². The van der Waals surface area contributed by atoms with Gasteiger partial charge in [0.05, 0.1) is 12.5 Å². The summed E-state index contributed by atoms with van der Waals surface area (Å²) in [4.78, 5) is 13.0. The van der Waals surface area contributed by atoms with E-state index in [1.165, 1.54) is 0 Å². The van der Waals surface area contributed by atoms with Crippen LogP contribution in [0.15, 0.2) is 0 Å². The molecule has 0 aromatic heterocycles. The van der Waals surface area contributed by atoms with Gasteiger partial charge in [-0.15, -0.1) is 0 Å². The van der Waals surface area contributed by atoms with E-state index >= 15 is 0 Å². The van der Waals surface area contributed by atoms with E-state index in [4.69, 9.17) is 9.84 Å². The highest BCUT2D eigenvalue weighted by molar-refractivity contribution is 5.69. The Morgan fingerprint density at radius 1 is 1.31 bits per heavy atom. The summed E-state index contributed by atoms with van der Waals surface area (Å²) in [7, 11) is 1.67. The van der Waals surface area contributed by atoms with E-state index in [0.29, 0.717) is 19.1 Å². The lowest BCUT2D eigenvalue weighted by molar-refractivity contribution is -0.141. The normalized spacial score (nSPS) is 13.4. The minimum Gasteiger partial charge on any atom is -0.481 e. The summed E-state index contributed by atoms with van der Waals surface area (Å²) in [6, 6.07) is 0. The van der Waals surface area contributed by atoms with E-state index in [9.17, 15) is 4.79 Å². The van der Waals surface area contributed by atoms with Crippen molar-refractivity contribution in [3.63, 3.8) is 0 Å². The number of methoxy groups -OCH3 is 1. The molecule has 0 aliphatic heterocycles. The SMILES string of the molecule is COCCN(CCC(C)C)CC(C)C(=O)O. The van der Waals surface area contributed by atoms with Crippen LogP contribution in [0.1, 0.15) is 27.2 Å². The van der Waals surface area contributed by atoms with Gasteiger partial charge in [-0.25, -0.2) is 0 Å². The van der Waals surface area contributed by atoms with Crippen LogP contribution in [0, 0.1) is 11.8 Å². The fourth-order valence-electron chi connectivity index (χ4n) is 1.42. The van der Waals surface area contributed by atoms with E-state index in [0.717, 1.165) is 19.5 Å². The van der Waals surface area contributed by atoms with Crippen LogP contribution in [-0.4, -0.2) is 49.3 Å². The van der Waals surface area contributed by atoms with E-state index in [1.807, 2.05) is 0 Å². The molecule has 0 spiro atoms. The molecule has 4 nitrogen and oxygen atoms in total. The Labute approximate surface area is 98.6 Å². The average Bonchev–Trinajstić information content (AvgIpc) is 2.21. The van der Waals surface area contributed by atoms with Gasteiger partial charge >= 0.3 is 5.97 Å². The predicted octanol–water partition coefficient (Wildman–Crippen LogP) is 1.70. The number of rotatable bonds is 9. The Balaban J connectivity index is 4.03. The van der Waals surface area contributed by atoms with Crippen molar-refractivity contribution in [1.82, 2.24) is 4.90 Å². The largest absolute Gasteiger partial charge is 0.481 e. The molecule has 0 bridgehead atoms. The summed E-state index contributed by atoms with van der Waals surface area (Å²) in [5, 5.41) is 8.88. The number of carboxylic acids is 1. The molecule has 1 N–H and O–H groups in total. The van der Waals surface area contributed by atoms with Crippen LogP contribution >= 0.6 is 0 Å². The molecule has 1 atom stereocenters. The Bertz CT molecular complexity index is 195. The zero-order valence-electron chi connectivity index (χ0n) is 10.9. The van der Waals surface area contributed by atoms with Crippen LogP contribution in [0.4, 0.5) is 0 Å². The first-order chi connectivity index (χ1) is 7.47. The molecule has 96 valence electrons. The molecule has 1 unspecified atom stereocenters. The first kappa shape index (κ1) is 15.4. The van der Waals surface area contributed by atoms with Gasteiger partial charge in [0.1, 0.15) is 0 Å². The van der Waals surface area contributed by atoms with Crippen LogP contribution in [0.2, 0.25) is 0 Å². The maximum atomic E-state index is 10.8. The summed E-state index contributed by atoms with van der Waals surface area (Å²) < 4.78 is 5.03. The van der Waals surface area contributed by atoms with Gasteiger partial charge in [0, 0.05) is 20.2 Å². The maximum Gasteiger partial charge on any atom is 0.307 e. The first-order valence-electron chi connectivity index (χ1n) is 5.91. The molecular weight excluding hydrogens is 206 g/mol. The number of aliphatic carboxylic acids is 1. The number of nitrogens with zero attached hydrogens (tertiary/aromatic N) is 1. The molecule has 4 heteroatoms. The van der Waals surface area contributed by atoms with E-state index in [-0.39, 0.29) is 5.92 Å². The van der Waals surface area contributed by atoms with Crippen LogP contribution < -0.4 is 0 Å². The Kier molecular flexibility index (Phi) is 8.21. The molecule has 16 heavy (non-hydrogen) atoms. The average molecular weight is 231 g/mol. The fraction of sp³-hybridized carbons (Fsp3) is 0.917. The summed E-state index contributed by atoms with van der Waals surface area (Å²) in [6.45, 7) is 9.11. The van der Waals surface area contributed by atoms with Crippen molar-refractivity contribution in [2.75, 3.05) is 33.4 Å². The van der Waals surface area contributed by atoms with Crippen LogP contribution in [-0.2, 0) is 9.53 Å². The van der Waals surface area contributed by atoms with E-state index < -0.39 is 5.97 Å². The molecule has 0 saturated heterocycles. The lowest BCUT2D eigenvalue weighted by Crippen LogP contribution is -2.35. The Morgan fingerprint density at radius 2 is 1.94 bits per heavy atom. The van der Waals surface area contributed by atoms with Gasteiger partial charge in [0.25, 0.3) is 0 Å². The van der Waals surface area contributed by atoms with Gasteiger partial charge in [0.2, 0.25) is 0 Å². The summed E-state index contributed by atoms with van der Waals surface area (Å²) >= 11 is 0. The summed E-state index contributed by atoms with van der Waals surface area (Å²) in [5.41, 5.74) is 0. The molecule has 0 fully saturated rings. The highest BCUT2D eigenvalue weighted by Gasteiger charge is 2.15. The van der Waals surface area contributed by atoms with Crippen molar-refractivity contribution in [3.05, 3.63) is 0 Å². The van der Waals surface area contributed by atoms with Gasteiger partial charge in [0.15, 0.2) is 0 Å². The fourth-order valence-corrected chi connectivity index (χ4v) is 1.42. The molecule has 0 radical (unpaired) electrons. The molecule has 0 saturated carbocycles. The highest BCUT2D eigenvalue weighted by Crippen LogP contribution is 2.05. The third-order valence-electron chi connectivity index (χ3n) is 2.59. The monoisotopic (exact) mass is 231 g/mol. The molecule has 0 amide bonds. The first-order valence-corrected chi connectivity index (χ1v) is 5.91. The van der Waals surface area contributed by atoms with Crippen molar-refractivity contribution in [3.8, 4) is 0 Å². The van der Waals surface area contributed by atoms with Gasteiger partial charge < -0.3 is 14.7 Å². The second-order valence-corrected chi connectivity index (χ2v) is 4.72. The number of carbonyl (C=O) groups is 1. The van der Waals surface area contributed by atoms with Crippen LogP contribution in [0.25, 0.3) is 0 Å². The lowest BCUT2D eigenvalue weighted by atomic mass is 10.1. The number of hydrogen-bond acceptors (Lipinski definition) is 3. The smallest absolute Gasteiger partial charge is 0.307 e. The van der Waals surface area contributed by atoms with Crippen LogP contribution in [0.3, 0.4) is 0 Å². The Morgan fingerprint density at radius 3 is 2.38 bits per heavy atom. The van der Waals surface area contributed by atoms with Gasteiger partial charge in [-0.2, -0.15) is 0 Å². The molecule has 0 rings (SSSR count). The minimum atomic E-state index is -0.730. The zero-order chi connectivity index (χ0) is 12.6. The maximum absolute atomic E-state index is 10.8. The van der Waals surface area contributed by atoms with Crippen LogP contribution in [0.5, 0.6) is 0 Å². The highest BCUT2D eigenvalue weighted by atomic mass is 16.5. The molecule has 0 aliphatic carbocycles. The predicted molar refractivity (Wildman–Crippen MR) is 64.6 cm³/mol. The third-order valence-corrected chi connectivity index (χ3v) is 2.59. The molecule has 0 aromatic carbocycles. The van der Waals surface area contributed by atoms with Crippen molar-refractivity contribution >= 4 is 5.97 Å². The molecule has 0 aliphatic rings. The minimum absolute atomic E-state index is 0.316. The molecular formula is C12H25NO3. The molecule has 0 heterocycles. The second kappa shape index (κ2) is 8.53. The van der Waals surface area contributed by atoms with Crippen molar-refractivity contribution < 1.29 is 14.6 Å². The summed E-state index contributed by atoms with van der Waals surface area (Å²) in [5.74, 6) is -0.402. The summed E-state index contributed by atoms with van der Waals surface area (Å²) in [6.07, 6.45) is 1.09. The van der Waals surface area contributed by atoms with Crippen molar-refractivity contribution in [1.29, 1.82) is 0 Å². The number of ether oxygens (including phenoxy) is 1. The Hall–Kier alpha value is -0.610. The van der Waals surface area contributed by atoms with E-state index in [2.05, 4.69) is 18.7 Å². The van der Waals surface area contributed by atoms with E-state index in [1.54, 1.807) is 14.0 Å². The lowest BCUT2D eigenvalue weighted by Gasteiger charge is -2.24. The second-order valence-electron chi connectivity index (χ2n) is 4.72. The number of carboxylic acid groups (broad SMARTS) is 1. The van der Waals surface area contributed by atoms with Gasteiger partial charge in [-0.05, 0) is 18.9 Å². The third kappa shape index (κ3) is 7.65. The topological polar surface area (TPSA) is 49.8 Å². The quantitative estimate of drug-likeness (QED) is 0.656. The van der Waals surface area contributed by atoms with Gasteiger partial charge in [-0.3, -0.25) is 4.79 Å². The molecule has 0 aromatic rings.